The molecule has 4 aromatic rings. The zero-order chi connectivity index (χ0) is 28.5. The minimum Gasteiger partial charge on any atom is -0.462 e. The largest absolute Gasteiger partial charge is 0.462 e. The molecule has 1 spiro atoms. The number of nitrogens with one attached hydrogen (secondary N) is 3. The van der Waals surface area contributed by atoms with Crippen molar-refractivity contribution in [2.75, 3.05) is 16.8 Å². The van der Waals surface area contributed by atoms with E-state index >= 15 is 0 Å². The van der Waals surface area contributed by atoms with Crippen LogP contribution in [0.1, 0.15) is 28.4 Å². The fourth-order valence-corrected chi connectivity index (χ4v) is 6.87. The van der Waals surface area contributed by atoms with E-state index in [1.54, 1.807) is 37.3 Å². The Morgan fingerprint density at radius 2 is 1.80 bits per heavy atom. The SMILES string of the molecule is CCOC(=O)c1ccc(N2C(=O)[C@@H]3C(Cc4c[nH]c5ccccc45)NC4(C(=O)Nc5ccc(Cl)cc54)[C@@H]3C2=O)cc1. The maximum atomic E-state index is 14.2. The number of rotatable bonds is 5. The number of fused-ring (bicyclic) bond motifs is 5. The summed E-state index contributed by atoms with van der Waals surface area (Å²) < 4.78 is 5.06. The van der Waals surface area contributed by atoms with Crippen molar-refractivity contribution in [1.29, 1.82) is 0 Å². The highest BCUT2D eigenvalue weighted by Gasteiger charge is 2.70. The minimum atomic E-state index is -1.48. The molecule has 3 aliphatic rings. The predicted molar refractivity (Wildman–Crippen MR) is 153 cm³/mol. The number of esters is 1. The van der Waals surface area contributed by atoms with Gasteiger partial charge < -0.3 is 15.0 Å². The lowest BCUT2D eigenvalue weighted by atomic mass is 9.76. The molecule has 9 nitrogen and oxygen atoms in total. The molecule has 2 fully saturated rings. The first-order chi connectivity index (χ1) is 19.8. The molecule has 0 radical (unpaired) electrons. The van der Waals surface area contributed by atoms with Crippen LogP contribution in [-0.4, -0.2) is 41.3 Å². The van der Waals surface area contributed by atoms with Crippen molar-refractivity contribution in [3.05, 3.63) is 94.6 Å². The second kappa shape index (κ2) is 9.29. The number of benzene rings is 3. The van der Waals surface area contributed by atoms with Gasteiger partial charge in [-0.25, -0.2) is 9.69 Å². The van der Waals surface area contributed by atoms with Gasteiger partial charge in [0.15, 0.2) is 0 Å². The fourth-order valence-electron chi connectivity index (χ4n) is 6.70. The molecule has 4 heterocycles. The van der Waals surface area contributed by atoms with Crippen LogP contribution in [-0.2, 0) is 31.1 Å². The fraction of sp³-hybridized carbons (Fsp3) is 0.226. The van der Waals surface area contributed by atoms with Crippen LogP contribution in [0, 0.1) is 11.8 Å². The number of anilines is 2. The molecule has 2 unspecified atom stereocenters. The number of amides is 3. The lowest BCUT2D eigenvalue weighted by Crippen LogP contribution is -2.53. The quantitative estimate of drug-likeness (QED) is 0.245. The Labute approximate surface area is 239 Å². The highest BCUT2D eigenvalue weighted by Crippen LogP contribution is 2.54. The second-order valence-electron chi connectivity index (χ2n) is 10.5. The topological polar surface area (TPSA) is 121 Å². The van der Waals surface area contributed by atoms with Crippen molar-refractivity contribution in [3.8, 4) is 0 Å². The molecule has 7 rings (SSSR count). The Hall–Kier alpha value is -4.47. The molecule has 3 amide bonds. The normalized spacial score (nSPS) is 24.7. The first-order valence-electron chi connectivity index (χ1n) is 13.4. The summed E-state index contributed by atoms with van der Waals surface area (Å²) in [6.07, 6.45) is 2.31. The molecular formula is C31H25ClN4O5. The van der Waals surface area contributed by atoms with Crippen molar-refractivity contribution in [1.82, 2.24) is 10.3 Å². The molecule has 4 atom stereocenters. The molecule has 1 aromatic heterocycles. The average molecular weight is 569 g/mol. The summed E-state index contributed by atoms with van der Waals surface area (Å²) in [5, 5.41) is 7.79. The number of H-pyrrole nitrogens is 1. The lowest BCUT2D eigenvalue weighted by Gasteiger charge is -2.29. The predicted octanol–water partition coefficient (Wildman–Crippen LogP) is 4.17. The van der Waals surface area contributed by atoms with Crippen LogP contribution in [0.15, 0.2) is 72.9 Å². The van der Waals surface area contributed by atoms with Gasteiger partial charge in [0.05, 0.1) is 29.7 Å². The van der Waals surface area contributed by atoms with Crippen LogP contribution in [0.3, 0.4) is 0 Å². The van der Waals surface area contributed by atoms with E-state index in [-0.39, 0.29) is 6.61 Å². The number of halogens is 1. The molecule has 2 saturated heterocycles. The summed E-state index contributed by atoms with van der Waals surface area (Å²) in [5.41, 5.74) is 2.18. The molecule has 0 saturated carbocycles. The summed E-state index contributed by atoms with van der Waals surface area (Å²) in [6, 6.07) is 18.5. The van der Waals surface area contributed by atoms with E-state index in [2.05, 4.69) is 15.6 Å². The minimum absolute atomic E-state index is 0.230. The number of carbonyl (C=O) groups excluding carboxylic acids is 4. The monoisotopic (exact) mass is 568 g/mol. The van der Waals surface area contributed by atoms with Crippen LogP contribution in [0.25, 0.3) is 10.9 Å². The van der Waals surface area contributed by atoms with Gasteiger partial charge in [0.1, 0.15) is 5.54 Å². The Balaban J connectivity index is 1.33. The molecular weight excluding hydrogens is 544 g/mol. The van der Waals surface area contributed by atoms with Gasteiger partial charge in [-0.15, -0.1) is 0 Å². The van der Waals surface area contributed by atoms with E-state index in [1.807, 2.05) is 30.5 Å². The van der Waals surface area contributed by atoms with E-state index in [0.29, 0.717) is 33.9 Å². The Morgan fingerprint density at radius 3 is 2.59 bits per heavy atom. The second-order valence-corrected chi connectivity index (χ2v) is 11.0. The van der Waals surface area contributed by atoms with Crippen LogP contribution in [0.4, 0.5) is 11.4 Å². The summed E-state index contributed by atoms with van der Waals surface area (Å²) in [7, 11) is 0. The Kier molecular flexibility index (Phi) is 5.78. The van der Waals surface area contributed by atoms with Crippen LogP contribution >= 0.6 is 11.6 Å². The maximum Gasteiger partial charge on any atom is 0.338 e. The molecule has 3 aliphatic heterocycles. The average Bonchev–Trinajstić information content (AvgIpc) is 3.68. The smallest absolute Gasteiger partial charge is 0.338 e. The number of carbonyl (C=O) groups is 4. The molecule has 3 aromatic carbocycles. The summed E-state index contributed by atoms with van der Waals surface area (Å²) in [5.74, 6) is -3.60. The number of hydrogen-bond donors (Lipinski definition) is 3. The molecule has 0 aliphatic carbocycles. The number of ether oxygens (including phenoxy) is 1. The van der Waals surface area contributed by atoms with Crippen LogP contribution in [0.5, 0.6) is 0 Å². The van der Waals surface area contributed by atoms with Gasteiger partial charge in [0, 0.05) is 39.4 Å². The van der Waals surface area contributed by atoms with Gasteiger partial charge >= 0.3 is 5.97 Å². The van der Waals surface area contributed by atoms with Crippen molar-refractivity contribution >= 4 is 57.6 Å². The Bertz CT molecular complexity index is 1770. The standard InChI is InChI=1S/C31H25ClN4O5/c1-2-41-29(39)16-7-10-19(11-8-16)36-27(37)25-24(13-17-15-33-22-6-4-3-5-20(17)22)35-31(26(25)28(36)38)21-14-18(32)9-12-23(21)34-30(31)40/h3-12,14-15,24-26,33,35H,2,13H2,1H3,(H,34,40)/t24?,25-,26+,31?/m1/s1. The van der Waals surface area contributed by atoms with Crippen molar-refractivity contribution in [2.24, 2.45) is 11.8 Å². The van der Waals surface area contributed by atoms with Gasteiger partial charge in [-0.3, -0.25) is 19.7 Å². The number of nitrogens with zero attached hydrogens (tertiary/aromatic N) is 1. The van der Waals surface area contributed by atoms with Gasteiger partial charge in [0.2, 0.25) is 17.7 Å². The highest BCUT2D eigenvalue weighted by atomic mass is 35.5. The zero-order valence-corrected chi connectivity index (χ0v) is 22.7. The van der Waals surface area contributed by atoms with Crippen molar-refractivity contribution in [2.45, 2.75) is 24.9 Å². The first-order valence-corrected chi connectivity index (χ1v) is 13.8. The van der Waals surface area contributed by atoms with Gasteiger partial charge in [-0.2, -0.15) is 0 Å². The van der Waals surface area contributed by atoms with E-state index in [0.717, 1.165) is 21.4 Å². The van der Waals surface area contributed by atoms with Crippen molar-refractivity contribution in [3.63, 3.8) is 0 Å². The van der Waals surface area contributed by atoms with Crippen molar-refractivity contribution < 1.29 is 23.9 Å². The van der Waals surface area contributed by atoms with E-state index in [4.69, 9.17) is 16.3 Å². The molecule has 3 N–H and O–H groups in total. The third-order valence-electron chi connectivity index (χ3n) is 8.43. The van der Waals surface area contributed by atoms with E-state index in [1.165, 1.54) is 12.1 Å². The molecule has 41 heavy (non-hydrogen) atoms. The molecule has 10 heteroatoms. The van der Waals surface area contributed by atoms with Crippen LogP contribution in [0.2, 0.25) is 5.02 Å². The zero-order valence-electron chi connectivity index (χ0n) is 21.9. The van der Waals surface area contributed by atoms with E-state index < -0.39 is 47.1 Å². The van der Waals surface area contributed by atoms with Gasteiger partial charge in [-0.1, -0.05) is 29.8 Å². The van der Waals surface area contributed by atoms with Crippen LogP contribution < -0.4 is 15.5 Å². The summed E-state index contributed by atoms with van der Waals surface area (Å²) in [6.45, 7) is 1.95. The third-order valence-corrected chi connectivity index (χ3v) is 8.66. The summed E-state index contributed by atoms with van der Waals surface area (Å²) in [4.78, 5) is 58.8. The number of hydrogen-bond acceptors (Lipinski definition) is 6. The van der Waals surface area contributed by atoms with E-state index in [9.17, 15) is 19.2 Å². The highest BCUT2D eigenvalue weighted by molar-refractivity contribution is 6.31. The maximum absolute atomic E-state index is 14.2. The number of aromatic nitrogens is 1. The number of aromatic amines is 1. The van der Waals surface area contributed by atoms with Gasteiger partial charge in [-0.05, 0) is 67.4 Å². The number of para-hydroxylation sites is 1. The van der Waals surface area contributed by atoms with Gasteiger partial charge in [0.25, 0.3) is 0 Å². The number of imide groups is 1. The molecule has 206 valence electrons. The third kappa shape index (κ3) is 3.66. The summed E-state index contributed by atoms with van der Waals surface area (Å²) >= 11 is 6.37. The Morgan fingerprint density at radius 1 is 1.02 bits per heavy atom. The molecule has 0 bridgehead atoms. The first kappa shape index (κ1) is 25.5. The lowest BCUT2D eigenvalue weighted by molar-refractivity contribution is -0.130.